The first kappa shape index (κ1) is 17.7. The number of hydrogen-bond acceptors (Lipinski definition) is 4. The van der Waals surface area contributed by atoms with Crippen LogP contribution >= 0.6 is 0 Å². The molecule has 2 N–H and O–H groups in total. The zero-order chi connectivity index (χ0) is 19.5. The monoisotopic (exact) mass is 374 g/mol. The van der Waals surface area contributed by atoms with Crippen LogP contribution in [0.1, 0.15) is 28.8 Å². The van der Waals surface area contributed by atoms with Crippen molar-refractivity contribution in [3.63, 3.8) is 0 Å². The van der Waals surface area contributed by atoms with Gasteiger partial charge in [0.2, 0.25) is 0 Å². The number of β-amino-alcohol motifs (C(OH)–C–C–N with tert-alkyl or cyclic N) is 1. The van der Waals surface area contributed by atoms with Gasteiger partial charge in [-0.05, 0) is 68.4 Å². The van der Waals surface area contributed by atoms with Crippen molar-refractivity contribution in [1.29, 1.82) is 0 Å². The third-order valence-corrected chi connectivity index (χ3v) is 6.83. The van der Waals surface area contributed by atoms with Crippen LogP contribution in [0.15, 0.2) is 48.5 Å². The highest BCUT2D eigenvalue weighted by Gasteiger charge is 2.56. The predicted octanol–water partition coefficient (Wildman–Crippen LogP) is 3.35. The molecule has 1 aliphatic heterocycles. The summed E-state index contributed by atoms with van der Waals surface area (Å²) in [5.74, 6) is 0.251. The van der Waals surface area contributed by atoms with E-state index in [1.54, 1.807) is 6.07 Å². The lowest BCUT2D eigenvalue weighted by Gasteiger charge is -2.56. The Bertz CT molecular complexity index is 1080. The van der Waals surface area contributed by atoms with Crippen molar-refractivity contribution in [3.8, 4) is 5.75 Å². The summed E-state index contributed by atoms with van der Waals surface area (Å²) in [5, 5.41) is 23.2. The van der Waals surface area contributed by atoms with Crippen LogP contribution in [0, 0.1) is 6.92 Å². The average molecular weight is 374 g/mol. The van der Waals surface area contributed by atoms with Crippen LogP contribution in [-0.4, -0.2) is 45.8 Å². The molecule has 0 bridgehead atoms. The molecule has 2 heterocycles. The van der Waals surface area contributed by atoms with Crippen molar-refractivity contribution in [2.75, 3.05) is 20.1 Å². The Morgan fingerprint density at radius 2 is 1.93 bits per heavy atom. The van der Waals surface area contributed by atoms with Crippen molar-refractivity contribution in [2.24, 2.45) is 0 Å². The van der Waals surface area contributed by atoms with Crippen LogP contribution in [0.5, 0.6) is 5.75 Å². The second-order valence-corrected chi connectivity index (χ2v) is 8.80. The van der Waals surface area contributed by atoms with Gasteiger partial charge in [-0.2, -0.15) is 0 Å². The molecular weight excluding hydrogens is 348 g/mol. The van der Waals surface area contributed by atoms with Gasteiger partial charge in [0.15, 0.2) is 0 Å². The molecular formula is C24H26N2O2. The predicted molar refractivity (Wildman–Crippen MR) is 111 cm³/mol. The topological polar surface area (TPSA) is 56.6 Å². The number of phenols is 1. The summed E-state index contributed by atoms with van der Waals surface area (Å²) in [4.78, 5) is 7.22. The molecule has 1 aromatic heterocycles. The summed E-state index contributed by atoms with van der Waals surface area (Å²) < 4.78 is 0. The Hall–Kier alpha value is -2.43. The van der Waals surface area contributed by atoms with Gasteiger partial charge in [0, 0.05) is 35.9 Å². The fraction of sp³-hybridized carbons (Fsp3) is 0.375. The van der Waals surface area contributed by atoms with Crippen LogP contribution in [0.25, 0.3) is 10.9 Å². The number of fused-ring (bicyclic) bond motifs is 3. The molecule has 0 spiro atoms. The Morgan fingerprint density at radius 3 is 2.75 bits per heavy atom. The SMILES string of the molecule is Cc1ccc2nc3c(cc2c1)C[C@]1(O)CN(C)CC[C@@]1(c1cccc(O)c1)C3. The highest BCUT2D eigenvalue weighted by atomic mass is 16.3. The Balaban J connectivity index is 1.71. The normalized spacial score (nSPS) is 27.4. The quantitative estimate of drug-likeness (QED) is 0.686. The maximum atomic E-state index is 12.0. The molecule has 144 valence electrons. The molecule has 1 saturated heterocycles. The molecule has 2 aliphatic rings. The first-order valence-corrected chi connectivity index (χ1v) is 9.98. The van der Waals surface area contributed by atoms with Gasteiger partial charge in [-0.1, -0.05) is 23.8 Å². The van der Waals surface area contributed by atoms with Crippen molar-refractivity contribution in [1.82, 2.24) is 9.88 Å². The molecule has 2 atom stereocenters. The number of benzene rings is 2. The number of likely N-dealkylation sites (N-methyl/N-ethyl adjacent to an activating group) is 1. The van der Waals surface area contributed by atoms with Gasteiger partial charge in [0.05, 0.1) is 11.1 Å². The van der Waals surface area contributed by atoms with Crippen molar-refractivity contribution >= 4 is 10.9 Å². The third-order valence-electron chi connectivity index (χ3n) is 6.83. The molecule has 1 aliphatic carbocycles. The van der Waals surface area contributed by atoms with Crippen LogP contribution in [0.4, 0.5) is 0 Å². The zero-order valence-corrected chi connectivity index (χ0v) is 16.4. The van der Waals surface area contributed by atoms with Crippen LogP contribution in [-0.2, 0) is 18.3 Å². The minimum Gasteiger partial charge on any atom is -0.508 e. The standard InChI is InChI=1S/C24H26N2O2/c1-16-6-7-21-17(10-16)11-18-13-24(28)15-26(2)9-8-23(24,14-22(18)25-21)19-4-3-5-20(27)12-19/h3-7,10-12,27-28H,8-9,13-15H2,1-2H3/t23-,24-/m0/s1. The highest BCUT2D eigenvalue weighted by molar-refractivity contribution is 5.80. The molecule has 0 unspecified atom stereocenters. The van der Waals surface area contributed by atoms with E-state index < -0.39 is 11.0 Å². The van der Waals surface area contributed by atoms with Crippen LogP contribution in [0.3, 0.4) is 0 Å². The molecule has 2 aromatic carbocycles. The number of pyridine rings is 1. The van der Waals surface area contributed by atoms with Crippen molar-refractivity contribution < 1.29 is 10.2 Å². The van der Waals surface area contributed by atoms with E-state index in [0.717, 1.165) is 40.7 Å². The summed E-state index contributed by atoms with van der Waals surface area (Å²) in [6, 6.07) is 16.0. The number of piperidine rings is 1. The lowest BCUT2D eigenvalue weighted by Crippen LogP contribution is -2.66. The van der Waals surface area contributed by atoms with Gasteiger partial charge in [-0.15, -0.1) is 0 Å². The number of phenolic OH excluding ortho intramolecular Hbond substituents is 1. The van der Waals surface area contributed by atoms with Gasteiger partial charge >= 0.3 is 0 Å². The van der Waals surface area contributed by atoms with E-state index in [4.69, 9.17) is 4.98 Å². The number of aromatic nitrogens is 1. The van der Waals surface area contributed by atoms with E-state index in [1.165, 1.54) is 5.56 Å². The number of likely N-dealkylation sites (tertiary alicyclic amines) is 1. The van der Waals surface area contributed by atoms with Gasteiger partial charge in [-0.3, -0.25) is 4.98 Å². The second kappa shape index (κ2) is 6.03. The van der Waals surface area contributed by atoms with Gasteiger partial charge in [0.25, 0.3) is 0 Å². The summed E-state index contributed by atoms with van der Waals surface area (Å²) >= 11 is 0. The lowest BCUT2D eigenvalue weighted by molar-refractivity contribution is -0.0976. The number of aryl methyl sites for hydroxylation is 1. The van der Waals surface area contributed by atoms with E-state index in [1.807, 2.05) is 18.2 Å². The Labute approximate surface area is 165 Å². The fourth-order valence-corrected chi connectivity index (χ4v) is 5.37. The smallest absolute Gasteiger partial charge is 0.115 e. The van der Waals surface area contributed by atoms with Crippen molar-refractivity contribution in [2.45, 2.75) is 37.2 Å². The van der Waals surface area contributed by atoms with E-state index in [9.17, 15) is 10.2 Å². The molecule has 4 heteroatoms. The molecule has 4 nitrogen and oxygen atoms in total. The number of aromatic hydroxyl groups is 1. The minimum absolute atomic E-state index is 0.251. The summed E-state index contributed by atoms with van der Waals surface area (Å²) in [7, 11) is 2.07. The van der Waals surface area contributed by atoms with Gasteiger partial charge < -0.3 is 15.1 Å². The fourth-order valence-electron chi connectivity index (χ4n) is 5.37. The zero-order valence-electron chi connectivity index (χ0n) is 16.4. The summed E-state index contributed by atoms with van der Waals surface area (Å²) in [5.41, 5.74) is 4.14. The maximum absolute atomic E-state index is 12.0. The van der Waals surface area contributed by atoms with Crippen LogP contribution in [0.2, 0.25) is 0 Å². The van der Waals surface area contributed by atoms with E-state index in [0.29, 0.717) is 19.4 Å². The number of aliphatic hydroxyl groups is 1. The van der Waals surface area contributed by atoms with E-state index in [-0.39, 0.29) is 5.75 Å². The summed E-state index contributed by atoms with van der Waals surface area (Å²) in [6.45, 7) is 3.63. The van der Waals surface area contributed by atoms with Gasteiger partial charge in [-0.25, -0.2) is 0 Å². The molecule has 5 rings (SSSR count). The second-order valence-electron chi connectivity index (χ2n) is 8.80. The minimum atomic E-state index is -0.889. The first-order chi connectivity index (χ1) is 13.4. The largest absolute Gasteiger partial charge is 0.508 e. The van der Waals surface area contributed by atoms with Crippen molar-refractivity contribution in [3.05, 3.63) is 70.9 Å². The number of hydrogen-bond donors (Lipinski definition) is 2. The molecule has 0 radical (unpaired) electrons. The number of rotatable bonds is 1. The first-order valence-electron chi connectivity index (χ1n) is 9.98. The Kier molecular flexibility index (Phi) is 3.80. The van der Waals surface area contributed by atoms with E-state index in [2.05, 4.69) is 43.1 Å². The van der Waals surface area contributed by atoms with Crippen LogP contribution < -0.4 is 0 Å². The molecule has 28 heavy (non-hydrogen) atoms. The molecule has 0 amide bonds. The van der Waals surface area contributed by atoms with Gasteiger partial charge in [0.1, 0.15) is 5.75 Å². The highest BCUT2D eigenvalue weighted by Crippen LogP contribution is 2.50. The summed E-state index contributed by atoms with van der Waals surface area (Å²) in [6.07, 6.45) is 2.12. The third kappa shape index (κ3) is 2.55. The van der Waals surface area contributed by atoms with E-state index >= 15 is 0 Å². The Morgan fingerprint density at radius 1 is 1.07 bits per heavy atom. The lowest BCUT2D eigenvalue weighted by atomic mass is 9.56. The molecule has 0 saturated carbocycles. The molecule has 1 fully saturated rings. The maximum Gasteiger partial charge on any atom is 0.115 e. The number of nitrogens with zero attached hydrogens (tertiary/aromatic N) is 2. The average Bonchev–Trinajstić information content (AvgIpc) is 2.64. The molecule has 3 aromatic rings.